The highest BCUT2D eigenvalue weighted by molar-refractivity contribution is 5.96. The molecule has 4 heterocycles. The lowest BCUT2D eigenvalue weighted by Crippen LogP contribution is -2.32. The van der Waals surface area contributed by atoms with Crippen LogP contribution in [0.5, 0.6) is 0 Å². The molecule has 8 aromatic carbocycles. The highest BCUT2D eigenvalue weighted by Crippen LogP contribution is 2.40. The molecule has 1 fully saturated rings. The fourth-order valence-electron chi connectivity index (χ4n) is 14.0. The van der Waals surface area contributed by atoms with E-state index in [0.717, 1.165) is 130 Å². The molecule has 0 saturated heterocycles. The number of aromatic nitrogens is 8. The van der Waals surface area contributed by atoms with Crippen LogP contribution < -0.4 is 18.3 Å². The number of benzene rings is 8. The monoisotopic (exact) mass is 1300 g/mol. The molecule has 0 spiro atoms. The highest BCUT2D eigenvalue weighted by Gasteiger charge is 2.27. The third-order valence-corrected chi connectivity index (χ3v) is 19.0. The van der Waals surface area contributed by atoms with E-state index in [1.807, 2.05) is 147 Å². The summed E-state index contributed by atoms with van der Waals surface area (Å²) in [6.07, 6.45) is 15.6. The van der Waals surface area contributed by atoms with Crippen molar-refractivity contribution in [3.63, 3.8) is 0 Å². The molecule has 1 saturated carbocycles. The minimum atomic E-state index is -0.156. The van der Waals surface area contributed by atoms with Gasteiger partial charge in [-0.1, -0.05) is 90.8 Å². The van der Waals surface area contributed by atoms with Gasteiger partial charge in [0, 0.05) is 33.4 Å². The van der Waals surface area contributed by atoms with E-state index in [0.29, 0.717) is 45.9 Å². The summed E-state index contributed by atoms with van der Waals surface area (Å²) in [6.45, 7) is 28.4. The highest BCUT2D eigenvalue weighted by atomic mass is 19.1. The van der Waals surface area contributed by atoms with Crippen LogP contribution in [0.2, 0.25) is 0 Å². The molecule has 0 amide bonds. The molecule has 0 aliphatic heterocycles. The first-order chi connectivity index (χ1) is 46.2. The van der Waals surface area contributed by atoms with Gasteiger partial charge in [-0.05, 0) is 272 Å². The summed E-state index contributed by atoms with van der Waals surface area (Å²) in [4.78, 5) is 18.6. The fourth-order valence-corrected chi connectivity index (χ4v) is 14.0. The molecule has 0 atom stereocenters. The molecule has 0 bridgehead atoms. The van der Waals surface area contributed by atoms with Crippen LogP contribution in [0.4, 0.5) is 17.6 Å². The molecule has 0 radical (unpaired) electrons. The van der Waals surface area contributed by atoms with E-state index in [-0.39, 0.29) is 23.3 Å². The third-order valence-electron chi connectivity index (χ3n) is 19.0. The average molecular weight is 1310 g/mol. The molecule has 0 N–H and O–H groups in total. The van der Waals surface area contributed by atoms with Gasteiger partial charge in [0.05, 0.1) is 49.7 Å². The normalized spacial score (nSPS) is 12.4. The van der Waals surface area contributed by atoms with E-state index >= 15 is 0 Å². The van der Waals surface area contributed by atoms with Crippen LogP contribution in [0.25, 0.3) is 88.6 Å². The Bertz CT molecular complexity index is 4860. The minimum absolute atomic E-state index is 0.145. The maximum Gasteiger partial charge on any atom is 0.287 e. The van der Waals surface area contributed by atoms with Gasteiger partial charge in [-0.15, -0.1) is 0 Å². The Hall–Kier alpha value is -9.16. The standard InChI is InChI=1S/C22H24FN2.3C21H24FN2/c1-14-12-20(23)15(2)11-19(14)22-18-10-6-9-17(16-7-4-5-8-16)21(18)24-13-25(22)3;1-13(2)8-16-6-7-20-18(11-16)21(24(5)12-23-20)17-9-15(4)19(22)10-14(17)3;1-13(2)8-16-6-7-17-20(11-16)23-12-24(5)21(17)18-9-15(4)19(22)10-14(18)3;1-13(2)9-16-7-6-8-17-20(16)23-12-24(5)21(17)18-10-15(4)19(22)11-14(18)3/h6,9-13,16H,4-5,7-8H2,1-3H3;2*6-7,9-13H,8H2,1-5H3;6-8,10-13H,9H2,1-5H3/q4*+1. The molecule has 4 aromatic heterocycles. The van der Waals surface area contributed by atoms with Crippen molar-refractivity contribution >= 4 is 43.6 Å². The summed E-state index contributed by atoms with van der Waals surface area (Å²) < 4.78 is 63.7. The Morgan fingerprint density at radius 1 is 0.361 bits per heavy atom. The van der Waals surface area contributed by atoms with E-state index < -0.39 is 0 Å². The Morgan fingerprint density at radius 2 is 0.732 bits per heavy atom. The Labute approximate surface area is 571 Å². The van der Waals surface area contributed by atoms with Crippen LogP contribution in [-0.4, -0.2) is 19.9 Å². The number of halogens is 4. The lowest BCUT2D eigenvalue weighted by molar-refractivity contribution is -0.662. The van der Waals surface area contributed by atoms with Crippen LogP contribution in [0.3, 0.4) is 0 Å². The van der Waals surface area contributed by atoms with Crippen molar-refractivity contribution in [3.8, 4) is 45.0 Å². The second kappa shape index (κ2) is 30.1. The summed E-state index contributed by atoms with van der Waals surface area (Å²) in [6, 6.07) is 40.1. The first-order valence-corrected chi connectivity index (χ1v) is 34.3. The first-order valence-electron chi connectivity index (χ1n) is 34.3. The molecular weight excluding hydrogens is 1210 g/mol. The zero-order valence-corrected chi connectivity index (χ0v) is 60.2. The molecular formula is C85H96F4N8+4. The third kappa shape index (κ3) is 15.7. The van der Waals surface area contributed by atoms with E-state index in [2.05, 4.69) is 134 Å². The van der Waals surface area contributed by atoms with Crippen molar-refractivity contribution < 1.29 is 35.8 Å². The predicted molar refractivity (Wildman–Crippen MR) is 388 cm³/mol. The molecule has 8 nitrogen and oxygen atoms in total. The van der Waals surface area contributed by atoms with E-state index in [1.54, 1.807) is 24.3 Å². The van der Waals surface area contributed by atoms with Gasteiger partial charge in [-0.25, -0.2) is 35.8 Å². The van der Waals surface area contributed by atoms with Crippen molar-refractivity contribution in [1.82, 2.24) is 19.9 Å². The van der Waals surface area contributed by atoms with Gasteiger partial charge in [0.15, 0.2) is 22.1 Å². The smallest absolute Gasteiger partial charge is 0.232 e. The SMILES string of the molecule is Cc1cc(-c2c3cc(CC(C)C)ccc3nc[n+]2C)c(C)cc1F.Cc1cc(-c2c3ccc(CC(C)C)cc3nc[n+]2C)c(C)cc1F.Cc1cc(-c2c3cccc(C4CCCC4)c3nc[n+]2C)c(C)cc1F.Cc1cc(-c2c3cccc(CC(C)C)c3nc[n+]2C)c(C)cc1F. The van der Waals surface area contributed by atoms with Gasteiger partial charge < -0.3 is 0 Å². The quantitative estimate of drug-likeness (QED) is 0.0956. The number of hydrogen-bond donors (Lipinski definition) is 0. The molecule has 13 rings (SSSR count). The van der Waals surface area contributed by atoms with E-state index in [4.69, 9.17) is 4.98 Å². The molecule has 12 aromatic rings. The van der Waals surface area contributed by atoms with Crippen molar-refractivity contribution in [2.45, 2.75) is 148 Å². The van der Waals surface area contributed by atoms with E-state index in [9.17, 15) is 17.6 Å². The van der Waals surface area contributed by atoms with Gasteiger partial charge >= 0.3 is 0 Å². The van der Waals surface area contributed by atoms with Crippen LogP contribution in [0.15, 0.2) is 147 Å². The van der Waals surface area contributed by atoms with Gasteiger partial charge in [0.25, 0.3) is 25.3 Å². The Kier molecular flexibility index (Phi) is 21.9. The molecule has 97 heavy (non-hydrogen) atoms. The van der Waals surface area contributed by atoms with Crippen molar-refractivity contribution in [2.24, 2.45) is 45.9 Å². The van der Waals surface area contributed by atoms with Crippen LogP contribution in [-0.2, 0) is 47.5 Å². The molecule has 500 valence electrons. The zero-order valence-electron chi connectivity index (χ0n) is 60.2. The number of nitrogens with zero attached hydrogens (tertiary/aromatic N) is 8. The van der Waals surface area contributed by atoms with Gasteiger partial charge in [-0.2, -0.15) is 0 Å². The van der Waals surface area contributed by atoms with Crippen molar-refractivity contribution in [1.29, 1.82) is 0 Å². The zero-order chi connectivity index (χ0) is 69.8. The van der Waals surface area contributed by atoms with E-state index in [1.165, 1.54) is 47.9 Å². The van der Waals surface area contributed by atoms with Gasteiger partial charge in [-0.3, -0.25) is 0 Å². The fraction of sp³-hybridized carbons (Fsp3) is 0.341. The molecule has 12 heteroatoms. The minimum Gasteiger partial charge on any atom is -0.232 e. The molecule has 0 unspecified atom stereocenters. The first kappa shape index (κ1) is 70.6. The summed E-state index contributed by atoms with van der Waals surface area (Å²) >= 11 is 0. The number of para-hydroxylation sites is 2. The topological polar surface area (TPSA) is 67.1 Å². The van der Waals surface area contributed by atoms with Crippen molar-refractivity contribution in [3.05, 3.63) is 237 Å². The summed E-state index contributed by atoms with van der Waals surface area (Å²) in [7, 11) is 7.99. The maximum atomic E-state index is 13.9. The Morgan fingerprint density at radius 3 is 1.19 bits per heavy atom. The van der Waals surface area contributed by atoms with Gasteiger partial charge in [0.2, 0.25) is 0 Å². The van der Waals surface area contributed by atoms with Crippen LogP contribution in [0, 0.1) is 96.4 Å². The maximum absolute atomic E-state index is 13.9. The number of fused-ring (bicyclic) bond motifs is 4. The molecule has 1 aliphatic rings. The number of hydrogen-bond acceptors (Lipinski definition) is 4. The lowest BCUT2D eigenvalue weighted by atomic mass is 9.92. The lowest BCUT2D eigenvalue weighted by Gasteiger charge is -2.14. The second-order valence-corrected chi connectivity index (χ2v) is 28.5. The average Bonchev–Trinajstić information content (AvgIpc) is 0.901. The Balaban J connectivity index is 0.000000140. The summed E-state index contributed by atoms with van der Waals surface area (Å²) in [5.41, 5.74) is 24.4. The predicted octanol–water partition coefficient (Wildman–Crippen LogP) is 19.2. The number of aryl methyl sites for hydroxylation is 12. The summed E-state index contributed by atoms with van der Waals surface area (Å²) in [5, 5.41) is 4.49. The van der Waals surface area contributed by atoms with Crippen LogP contribution >= 0.6 is 0 Å². The molecule has 1 aliphatic carbocycles. The number of rotatable bonds is 11. The van der Waals surface area contributed by atoms with Gasteiger partial charge in [0.1, 0.15) is 46.0 Å². The summed E-state index contributed by atoms with van der Waals surface area (Å²) in [5.74, 6) is 1.80. The van der Waals surface area contributed by atoms with Crippen molar-refractivity contribution in [2.75, 3.05) is 0 Å². The second-order valence-electron chi connectivity index (χ2n) is 28.5. The van der Waals surface area contributed by atoms with Crippen LogP contribution in [0.1, 0.15) is 140 Å². The largest absolute Gasteiger partial charge is 0.287 e.